The van der Waals surface area contributed by atoms with Gasteiger partial charge in [0.1, 0.15) is 0 Å². The lowest BCUT2D eigenvalue weighted by Gasteiger charge is -2.35. The van der Waals surface area contributed by atoms with Crippen molar-refractivity contribution in [3.8, 4) is 0 Å². The third-order valence-electron chi connectivity index (χ3n) is 3.48. The van der Waals surface area contributed by atoms with E-state index in [2.05, 4.69) is 23.2 Å². The van der Waals surface area contributed by atoms with Crippen LogP contribution in [0.4, 0.5) is 0 Å². The lowest BCUT2D eigenvalue weighted by Crippen LogP contribution is -2.45. The lowest BCUT2D eigenvalue weighted by atomic mass is 10.00. The molecule has 0 amide bonds. The van der Waals surface area contributed by atoms with Gasteiger partial charge in [-0.05, 0) is 24.1 Å². The van der Waals surface area contributed by atoms with Gasteiger partial charge in [0.15, 0.2) is 0 Å². The minimum atomic E-state index is 0. The van der Waals surface area contributed by atoms with Crippen LogP contribution in [0.5, 0.6) is 0 Å². The van der Waals surface area contributed by atoms with Crippen molar-refractivity contribution in [2.45, 2.75) is 25.8 Å². The van der Waals surface area contributed by atoms with Gasteiger partial charge >= 0.3 is 0 Å². The Morgan fingerprint density at radius 2 is 1.80 bits per heavy atom. The average Bonchev–Trinajstić information content (AvgIpc) is 2.40. The highest BCUT2D eigenvalue weighted by molar-refractivity contribution is 6.42. The first-order valence-corrected chi connectivity index (χ1v) is 7.37. The topological polar surface area (TPSA) is 15.3 Å². The maximum absolute atomic E-state index is 6.13. The van der Waals surface area contributed by atoms with Gasteiger partial charge in [-0.1, -0.05) is 42.6 Å². The van der Waals surface area contributed by atoms with Crippen molar-refractivity contribution in [3.05, 3.63) is 33.8 Å². The SMILES string of the molecule is CCC[C@H](c1ccc(Cl)c(Cl)c1)N1CCNCC1.Cl.Cl. The van der Waals surface area contributed by atoms with Crippen LogP contribution in [0.2, 0.25) is 10.0 Å². The van der Waals surface area contributed by atoms with Gasteiger partial charge in [-0.3, -0.25) is 4.90 Å². The number of rotatable bonds is 4. The lowest BCUT2D eigenvalue weighted by molar-refractivity contribution is 0.164. The Labute approximate surface area is 144 Å². The normalized spacial score (nSPS) is 16.9. The van der Waals surface area contributed by atoms with Crippen LogP contribution in [-0.2, 0) is 0 Å². The third kappa shape index (κ3) is 5.25. The monoisotopic (exact) mass is 358 g/mol. The molecule has 0 unspecified atom stereocenters. The molecule has 1 N–H and O–H groups in total. The molecular weight excluding hydrogens is 338 g/mol. The predicted molar refractivity (Wildman–Crippen MR) is 93.0 cm³/mol. The number of hydrogen-bond donors (Lipinski definition) is 1. The molecule has 1 saturated heterocycles. The highest BCUT2D eigenvalue weighted by Gasteiger charge is 2.21. The van der Waals surface area contributed by atoms with Gasteiger partial charge in [-0.2, -0.15) is 0 Å². The van der Waals surface area contributed by atoms with Crippen LogP contribution in [-0.4, -0.2) is 31.1 Å². The molecule has 2 rings (SSSR count). The summed E-state index contributed by atoms with van der Waals surface area (Å²) in [6, 6.07) is 6.50. The molecule has 1 heterocycles. The van der Waals surface area contributed by atoms with Gasteiger partial charge in [0.25, 0.3) is 0 Å². The molecule has 1 aliphatic rings. The van der Waals surface area contributed by atoms with Crippen LogP contribution in [0.3, 0.4) is 0 Å². The predicted octanol–water partition coefficient (Wildman–Crippen LogP) is 4.58. The van der Waals surface area contributed by atoms with Crippen LogP contribution >= 0.6 is 48.0 Å². The van der Waals surface area contributed by atoms with Crippen molar-refractivity contribution in [3.63, 3.8) is 0 Å². The van der Waals surface area contributed by atoms with E-state index in [1.54, 1.807) is 0 Å². The van der Waals surface area contributed by atoms with E-state index in [1.165, 1.54) is 12.0 Å². The summed E-state index contributed by atoms with van der Waals surface area (Å²) in [6.07, 6.45) is 2.34. The molecule has 0 aromatic heterocycles. The van der Waals surface area contributed by atoms with Gasteiger partial charge in [-0.25, -0.2) is 0 Å². The Hall–Kier alpha value is 0.300. The van der Waals surface area contributed by atoms with Crippen molar-refractivity contribution in [2.24, 2.45) is 0 Å². The first-order valence-electron chi connectivity index (χ1n) is 6.62. The van der Waals surface area contributed by atoms with Gasteiger partial charge in [0.05, 0.1) is 10.0 Å². The molecule has 1 aromatic rings. The highest BCUT2D eigenvalue weighted by Crippen LogP contribution is 2.31. The fraction of sp³-hybridized carbons (Fsp3) is 0.571. The van der Waals surface area contributed by atoms with E-state index in [4.69, 9.17) is 23.2 Å². The van der Waals surface area contributed by atoms with Crippen molar-refractivity contribution >= 4 is 48.0 Å². The molecule has 0 spiro atoms. The molecule has 2 nitrogen and oxygen atoms in total. The van der Waals surface area contributed by atoms with Gasteiger partial charge in [-0.15, -0.1) is 24.8 Å². The standard InChI is InChI=1S/C14H20Cl2N2.2ClH/c1-2-3-14(18-8-6-17-7-9-18)11-4-5-12(15)13(16)10-11;;/h4-5,10,14,17H,2-3,6-9H2,1H3;2*1H/t14-;;/m1../s1. The molecule has 1 fully saturated rings. The summed E-state index contributed by atoms with van der Waals surface area (Å²) < 4.78 is 0. The second-order valence-electron chi connectivity index (χ2n) is 4.76. The number of nitrogens with zero attached hydrogens (tertiary/aromatic N) is 1. The number of hydrogen-bond acceptors (Lipinski definition) is 2. The highest BCUT2D eigenvalue weighted by atomic mass is 35.5. The maximum atomic E-state index is 6.13. The maximum Gasteiger partial charge on any atom is 0.0595 e. The first-order chi connectivity index (χ1) is 8.72. The average molecular weight is 360 g/mol. The third-order valence-corrected chi connectivity index (χ3v) is 4.22. The molecular formula is C14H22Cl4N2. The summed E-state index contributed by atoms with van der Waals surface area (Å²) in [7, 11) is 0. The Morgan fingerprint density at radius 1 is 1.15 bits per heavy atom. The molecule has 116 valence electrons. The number of benzene rings is 1. The Kier molecular flexibility index (Phi) is 10.2. The minimum absolute atomic E-state index is 0. The zero-order valence-electron chi connectivity index (χ0n) is 11.6. The van der Waals surface area contributed by atoms with Crippen molar-refractivity contribution in [1.29, 1.82) is 0 Å². The second kappa shape index (κ2) is 10.1. The fourth-order valence-electron chi connectivity index (χ4n) is 2.55. The summed E-state index contributed by atoms with van der Waals surface area (Å²) in [5, 5.41) is 4.69. The summed E-state index contributed by atoms with van der Waals surface area (Å²) in [4.78, 5) is 2.54. The van der Waals surface area contributed by atoms with Crippen LogP contribution in [0, 0.1) is 0 Å². The van der Waals surface area contributed by atoms with E-state index >= 15 is 0 Å². The zero-order valence-corrected chi connectivity index (χ0v) is 14.7. The molecule has 0 bridgehead atoms. The van der Waals surface area contributed by atoms with E-state index in [0.29, 0.717) is 16.1 Å². The van der Waals surface area contributed by atoms with Gasteiger partial charge in [0, 0.05) is 32.2 Å². The Bertz CT molecular complexity index is 395. The summed E-state index contributed by atoms with van der Waals surface area (Å²) in [5.74, 6) is 0. The zero-order chi connectivity index (χ0) is 13.0. The van der Waals surface area contributed by atoms with E-state index in [-0.39, 0.29) is 24.8 Å². The number of piperazine rings is 1. The molecule has 6 heteroatoms. The summed E-state index contributed by atoms with van der Waals surface area (Å²) >= 11 is 12.1. The molecule has 20 heavy (non-hydrogen) atoms. The van der Waals surface area contributed by atoms with Crippen molar-refractivity contribution < 1.29 is 0 Å². The molecule has 0 aliphatic carbocycles. The van der Waals surface area contributed by atoms with Crippen LogP contribution < -0.4 is 5.32 Å². The van der Waals surface area contributed by atoms with Gasteiger partial charge in [0.2, 0.25) is 0 Å². The van der Waals surface area contributed by atoms with E-state index in [1.807, 2.05) is 12.1 Å². The quantitative estimate of drug-likeness (QED) is 0.846. The molecule has 1 atom stereocenters. The van der Waals surface area contributed by atoms with Crippen molar-refractivity contribution in [2.75, 3.05) is 26.2 Å². The molecule has 1 aliphatic heterocycles. The molecule has 1 aromatic carbocycles. The van der Waals surface area contributed by atoms with Gasteiger partial charge < -0.3 is 5.32 Å². The smallest absolute Gasteiger partial charge is 0.0595 e. The van der Waals surface area contributed by atoms with Crippen LogP contribution in [0.15, 0.2) is 18.2 Å². The Morgan fingerprint density at radius 3 is 2.35 bits per heavy atom. The molecule has 0 saturated carbocycles. The largest absolute Gasteiger partial charge is 0.314 e. The van der Waals surface area contributed by atoms with Crippen LogP contribution in [0.25, 0.3) is 0 Å². The molecule has 0 radical (unpaired) electrons. The van der Waals surface area contributed by atoms with E-state index in [0.717, 1.165) is 32.6 Å². The number of nitrogens with one attached hydrogen (secondary N) is 1. The number of halogens is 4. The van der Waals surface area contributed by atoms with Crippen LogP contribution in [0.1, 0.15) is 31.4 Å². The van der Waals surface area contributed by atoms with E-state index < -0.39 is 0 Å². The Balaban J connectivity index is 0.00000180. The van der Waals surface area contributed by atoms with Crippen molar-refractivity contribution in [1.82, 2.24) is 10.2 Å². The van der Waals surface area contributed by atoms with E-state index in [9.17, 15) is 0 Å². The first kappa shape index (κ1) is 20.3. The second-order valence-corrected chi connectivity index (χ2v) is 5.58. The summed E-state index contributed by atoms with van der Waals surface area (Å²) in [6.45, 7) is 6.58. The summed E-state index contributed by atoms with van der Waals surface area (Å²) in [5.41, 5.74) is 1.29. The fourth-order valence-corrected chi connectivity index (χ4v) is 2.85. The minimum Gasteiger partial charge on any atom is -0.314 e.